The summed E-state index contributed by atoms with van der Waals surface area (Å²) in [6, 6.07) is 7.58. The average Bonchev–Trinajstić information content (AvgIpc) is 2.90. The van der Waals surface area contributed by atoms with Crippen molar-refractivity contribution in [1.29, 1.82) is 0 Å². The summed E-state index contributed by atoms with van der Waals surface area (Å²) in [5, 5.41) is 6.95. The highest BCUT2D eigenvalue weighted by Gasteiger charge is 2.39. The van der Waals surface area contributed by atoms with Crippen molar-refractivity contribution in [3.8, 4) is 0 Å². The first-order valence-electron chi connectivity index (χ1n) is 6.39. The van der Waals surface area contributed by atoms with Gasteiger partial charge in [-0.3, -0.25) is 0 Å². The van der Waals surface area contributed by atoms with E-state index >= 15 is 0 Å². The highest BCUT2D eigenvalue weighted by atomic mass is 35.5. The molecule has 112 valence electrons. The number of nitrogens with zero attached hydrogens (tertiary/aromatic N) is 4. The number of anilines is 1. The maximum Gasteiger partial charge on any atom is 0.451 e. The second kappa shape index (κ2) is 5.22. The molecule has 8 heteroatoms. The number of para-hydroxylation sites is 1. The van der Waals surface area contributed by atoms with E-state index in [1.165, 1.54) is 0 Å². The molecule has 4 nitrogen and oxygen atoms in total. The lowest BCUT2D eigenvalue weighted by atomic mass is 10.1. The molecule has 0 N–H and O–H groups in total. The van der Waals surface area contributed by atoms with E-state index in [1.54, 1.807) is 0 Å². The number of halogens is 4. The predicted molar refractivity (Wildman–Crippen MR) is 72.1 cm³/mol. The Morgan fingerprint density at radius 2 is 1.90 bits per heavy atom. The van der Waals surface area contributed by atoms with E-state index in [1.807, 2.05) is 29.2 Å². The van der Waals surface area contributed by atoms with E-state index in [2.05, 4.69) is 10.2 Å². The summed E-state index contributed by atoms with van der Waals surface area (Å²) in [5.74, 6) is -0.256. The van der Waals surface area contributed by atoms with E-state index in [-0.39, 0.29) is 13.1 Å². The summed E-state index contributed by atoms with van der Waals surface area (Å²) >= 11 is 5.91. The van der Waals surface area contributed by atoms with Gasteiger partial charge in [0.1, 0.15) is 0 Å². The lowest BCUT2D eigenvalue weighted by molar-refractivity contribution is -0.147. The molecule has 1 aromatic heterocycles. The minimum absolute atomic E-state index is 0.202. The van der Waals surface area contributed by atoms with Crippen LogP contribution in [0, 0.1) is 0 Å². The van der Waals surface area contributed by atoms with Crippen molar-refractivity contribution in [3.05, 3.63) is 41.5 Å². The predicted octanol–water partition coefficient (Wildman–Crippen LogP) is 3.06. The van der Waals surface area contributed by atoms with Crippen LogP contribution in [-0.2, 0) is 25.1 Å². The van der Waals surface area contributed by atoms with Gasteiger partial charge >= 0.3 is 6.18 Å². The van der Waals surface area contributed by atoms with Crippen molar-refractivity contribution in [1.82, 2.24) is 14.8 Å². The molecule has 0 aliphatic carbocycles. The molecule has 0 atom stereocenters. The van der Waals surface area contributed by atoms with E-state index in [9.17, 15) is 13.2 Å². The number of aromatic nitrogens is 3. The first-order chi connectivity index (χ1) is 10.0. The number of fused-ring (bicyclic) bond motifs is 1. The van der Waals surface area contributed by atoms with Crippen LogP contribution in [0.5, 0.6) is 0 Å². The zero-order valence-corrected chi connectivity index (χ0v) is 11.7. The Balaban J connectivity index is 1.90. The number of hydrogen-bond acceptors (Lipinski definition) is 3. The van der Waals surface area contributed by atoms with Gasteiger partial charge in [-0.2, -0.15) is 13.2 Å². The molecular formula is C13H12ClF3N4. The normalized spacial score (nSPS) is 15.1. The van der Waals surface area contributed by atoms with E-state index < -0.39 is 12.0 Å². The van der Waals surface area contributed by atoms with Gasteiger partial charge in [-0.1, -0.05) is 18.2 Å². The SMILES string of the molecule is FC(F)(F)c1nnc2n1CCN(c1ccccc1CCl)C2. The average molecular weight is 317 g/mol. The third-order valence-corrected chi connectivity index (χ3v) is 3.77. The Labute approximate surface area is 124 Å². The number of rotatable bonds is 2. The molecule has 2 heterocycles. The minimum atomic E-state index is -4.47. The Kier molecular flexibility index (Phi) is 3.52. The first kappa shape index (κ1) is 14.2. The van der Waals surface area contributed by atoms with Gasteiger partial charge in [0, 0.05) is 24.7 Å². The topological polar surface area (TPSA) is 34.0 Å². The van der Waals surface area contributed by atoms with E-state index in [4.69, 9.17) is 11.6 Å². The van der Waals surface area contributed by atoms with Crippen molar-refractivity contribution >= 4 is 17.3 Å². The van der Waals surface area contributed by atoms with Crippen LogP contribution in [0.25, 0.3) is 0 Å². The van der Waals surface area contributed by atoms with Crippen LogP contribution < -0.4 is 4.90 Å². The third kappa shape index (κ3) is 2.57. The van der Waals surface area contributed by atoms with Crippen molar-refractivity contribution in [2.75, 3.05) is 11.4 Å². The molecule has 3 rings (SSSR count). The maximum absolute atomic E-state index is 12.8. The smallest absolute Gasteiger partial charge is 0.362 e. The van der Waals surface area contributed by atoms with Crippen molar-refractivity contribution in [3.63, 3.8) is 0 Å². The second-order valence-corrected chi connectivity index (χ2v) is 5.04. The van der Waals surface area contributed by atoms with Gasteiger partial charge in [0.15, 0.2) is 5.82 Å². The monoisotopic (exact) mass is 316 g/mol. The molecule has 0 fully saturated rings. The molecule has 2 aromatic rings. The van der Waals surface area contributed by atoms with Crippen LogP contribution in [0.1, 0.15) is 17.2 Å². The number of hydrogen-bond donors (Lipinski definition) is 0. The molecule has 0 amide bonds. The quantitative estimate of drug-likeness (QED) is 0.799. The molecule has 21 heavy (non-hydrogen) atoms. The fourth-order valence-electron chi connectivity index (χ4n) is 2.51. The molecule has 0 saturated carbocycles. The number of alkyl halides is 4. The van der Waals surface area contributed by atoms with Crippen LogP contribution in [0.4, 0.5) is 18.9 Å². The first-order valence-corrected chi connectivity index (χ1v) is 6.92. The molecule has 0 radical (unpaired) electrons. The zero-order valence-electron chi connectivity index (χ0n) is 10.9. The van der Waals surface area contributed by atoms with Gasteiger partial charge in [-0.05, 0) is 11.6 Å². The molecule has 1 aliphatic rings. The Hall–Kier alpha value is -1.76. The molecule has 1 aromatic carbocycles. The summed E-state index contributed by atoms with van der Waals surface area (Å²) in [4.78, 5) is 1.97. The summed E-state index contributed by atoms with van der Waals surface area (Å²) in [6.45, 7) is 0.951. The largest absolute Gasteiger partial charge is 0.451 e. The van der Waals surface area contributed by atoms with Crippen molar-refractivity contribution in [2.45, 2.75) is 25.1 Å². The fourth-order valence-corrected chi connectivity index (χ4v) is 2.73. The third-order valence-electron chi connectivity index (χ3n) is 3.48. The molecule has 0 saturated heterocycles. The molecular weight excluding hydrogens is 305 g/mol. The summed E-state index contributed by atoms with van der Waals surface area (Å²) in [7, 11) is 0. The maximum atomic E-state index is 12.8. The Morgan fingerprint density at radius 1 is 1.14 bits per heavy atom. The highest BCUT2D eigenvalue weighted by molar-refractivity contribution is 6.17. The van der Waals surface area contributed by atoms with Gasteiger partial charge in [0.2, 0.25) is 5.82 Å². The van der Waals surface area contributed by atoms with Crippen LogP contribution in [0.2, 0.25) is 0 Å². The fraction of sp³-hybridized carbons (Fsp3) is 0.385. The Bertz CT molecular complexity index is 653. The highest BCUT2D eigenvalue weighted by Crippen LogP contribution is 2.31. The standard InChI is InChI=1S/C13H12ClF3N4/c14-7-9-3-1-2-4-10(9)20-5-6-21-11(8-20)18-19-12(21)13(15,16)17/h1-4H,5-8H2. The minimum Gasteiger partial charge on any atom is -0.362 e. The van der Waals surface area contributed by atoms with E-state index in [0.29, 0.717) is 18.2 Å². The molecule has 0 spiro atoms. The van der Waals surface area contributed by atoms with Crippen LogP contribution in [0.15, 0.2) is 24.3 Å². The summed E-state index contributed by atoms with van der Waals surface area (Å²) < 4.78 is 39.5. The summed E-state index contributed by atoms with van der Waals surface area (Å²) in [5.41, 5.74) is 1.87. The van der Waals surface area contributed by atoms with Crippen LogP contribution >= 0.6 is 11.6 Å². The van der Waals surface area contributed by atoms with Gasteiger partial charge in [0.25, 0.3) is 0 Å². The van der Waals surface area contributed by atoms with Crippen molar-refractivity contribution < 1.29 is 13.2 Å². The zero-order chi connectivity index (χ0) is 15.0. The molecule has 0 bridgehead atoms. The summed E-state index contributed by atoms with van der Waals surface area (Å²) in [6.07, 6.45) is -4.47. The second-order valence-electron chi connectivity index (χ2n) is 4.77. The van der Waals surface area contributed by atoms with Gasteiger partial charge in [0.05, 0.1) is 6.54 Å². The lowest BCUT2D eigenvalue weighted by Crippen LogP contribution is -2.35. The van der Waals surface area contributed by atoms with Gasteiger partial charge in [-0.15, -0.1) is 21.8 Å². The van der Waals surface area contributed by atoms with E-state index in [0.717, 1.165) is 15.8 Å². The number of benzene rings is 1. The molecule has 1 aliphatic heterocycles. The van der Waals surface area contributed by atoms with Gasteiger partial charge < -0.3 is 9.47 Å². The van der Waals surface area contributed by atoms with Crippen LogP contribution in [-0.4, -0.2) is 21.3 Å². The molecule has 0 unspecified atom stereocenters. The van der Waals surface area contributed by atoms with Crippen LogP contribution in [0.3, 0.4) is 0 Å². The van der Waals surface area contributed by atoms with Crippen molar-refractivity contribution in [2.24, 2.45) is 0 Å². The lowest BCUT2D eigenvalue weighted by Gasteiger charge is -2.31. The Morgan fingerprint density at radius 3 is 2.62 bits per heavy atom. The van der Waals surface area contributed by atoms with Gasteiger partial charge in [-0.25, -0.2) is 0 Å².